The molecular weight excluding hydrogens is 232 g/mol. The number of hydrogen-bond acceptors (Lipinski definition) is 4. The fourth-order valence-corrected chi connectivity index (χ4v) is 3.03. The van der Waals surface area contributed by atoms with Crippen molar-refractivity contribution in [3.8, 4) is 0 Å². The highest BCUT2D eigenvalue weighted by Gasteiger charge is 2.41. The summed E-state index contributed by atoms with van der Waals surface area (Å²) in [6, 6.07) is 0.109. The third-order valence-electron chi connectivity index (χ3n) is 4.22. The molecule has 4 unspecified atom stereocenters. The number of rotatable bonds is 4. The van der Waals surface area contributed by atoms with Gasteiger partial charge < -0.3 is 20.1 Å². The van der Waals surface area contributed by atoms with Gasteiger partial charge in [0.25, 0.3) is 0 Å². The number of aliphatic hydroxyl groups is 1. The monoisotopic (exact) mass is 256 g/mol. The average Bonchev–Trinajstić information content (AvgIpc) is 2.95. The van der Waals surface area contributed by atoms with E-state index in [2.05, 4.69) is 12.2 Å². The highest BCUT2D eigenvalue weighted by atomic mass is 16.5. The Hall–Kier alpha value is -0.650. The van der Waals surface area contributed by atoms with Crippen LogP contribution in [0.1, 0.15) is 20.3 Å². The van der Waals surface area contributed by atoms with Crippen LogP contribution in [0.5, 0.6) is 0 Å². The summed E-state index contributed by atoms with van der Waals surface area (Å²) in [6.45, 7) is 6.91. The Morgan fingerprint density at radius 1 is 1.50 bits per heavy atom. The van der Waals surface area contributed by atoms with Crippen molar-refractivity contribution in [1.29, 1.82) is 0 Å². The number of ether oxygens (including phenoxy) is 1. The van der Waals surface area contributed by atoms with E-state index >= 15 is 0 Å². The van der Waals surface area contributed by atoms with E-state index in [9.17, 15) is 9.90 Å². The molecule has 0 spiro atoms. The van der Waals surface area contributed by atoms with Gasteiger partial charge in [0.1, 0.15) is 0 Å². The number of hydrogen-bond donors (Lipinski definition) is 2. The predicted molar refractivity (Wildman–Crippen MR) is 68.1 cm³/mol. The number of likely N-dealkylation sites (tertiary alicyclic amines) is 1. The molecule has 2 aliphatic rings. The number of aliphatic hydroxyl groups excluding tert-OH is 1. The summed E-state index contributed by atoms with van der Waals surface area (Å²) < 4.78 is 5.43. The molecule has 104 valence electrons. The number of nitrogens with zero attached hydrogens (tertiary/aromatic N) is 1. The van der Waals surface area contributed by atoms with Gasteiger partial charge in [0.05, 0.1) is 31.8 Å². The van der Waals surface area contributed by atoms with Crippen molar-refractivity contribution in [2.45, 2.75) is 32.4 Å². The molecule has 0 bridgehead atoms. The van der Waals surface area contributed by atoms with Crippen LogP contribution in [0.25, 0.3) is 0 Å². The van der Waals surface area contributed by atoms with Crippen LogP contribution in [0.4, 0.5) is 0 Å². The molecule has 2 N–H and O–H groups in total. The second kappa shape index (κ2) is 5.99. The van der Waals surface area contributed by atoms with Gasteiger partial charge in [-0.25, -0.2) is 0 Å². The Morgan fingerprint density at radius 2 is 2.28 bits per heavy atom. The first kappa shape index (κ1) is 13.8. The standard InChI is InChI=1S/C13H24N2O3/c1-3-14-11-8-18-7-10(11)13(17)15-5-4-9(2)12(15)6-16/h9-12,14,16H,3-8H2,1-2H3. The Morgan fingerprint density at radius 3 is 2.94 bits per heavy atom. The smallest absolute Gasteiger partial charge is 0.230 e. The van der Waals surface area contributed by atoms with E-state index in [1.54, 1.807) is 0 Å². The average molecular weight is 256 g/mol. The van der Waals surface area contributed by atoms with Gasteiger partial charge in [-0.2, -0.15) is 0 Å². The summed E-state index contributed by atoms with van der Waals surface area (Å²) in [6.07, 6.45) is 0.983. The SMILES string of the molecule is CCNC1COCC1C(=O)N1CCC(C)C1CO. The fraction of sp³-hybridized carbons (Fsp3) is 0.923. The number of carbonyl (C=O) groups excluding carboxylic acids is 1. The number of likely N-dealkylation sites (N-methyl/N-ethyl adjacent to an activating group) is 1. The highest BCUT2D eigenvalue weighted by molar-refractivity contribution is 5.80. The molecule has 0 radical (unpaired) electrons. The van der Waals surface area contributed by atoms with Crippen LogP contribution in [-0.2, 0) is 9.53 Å². The van der Waals surface area contributed by atoms with Crippen molar-refractivity contribution < 1.29 is 14.6 Å². The summed E-state index contributed by atoms with van der Waals surface area (Å²) in [7, 11) is 0. The van der Waals surface area contributed by atoms with Crippen LogP contribution in [0.15, 0.2) is 0 Å². The van der Waals surface area contributed by atoms with Gasteiger partial charge >= 0.3 is 0 Å². The largest absolute Gasteiger partial charge is 0.394 e. The summed E-state index contributed by atoms with van der Waals surface area (Å²) in [5, 5.41) is 12.7. The maximum Gasteiger partial charge on any atom is 0.230 e. The minimum Gasteiger partial charge on any atom is -0.394 e. The van der Waals surface area contributed by atoms with E-state index in [4.69, 9.17) is 4.74 Å². The summed E-state index contributed by atoms with van der Waals surface area (Å²) >= 11 is 0. The minimum atomic E-state index is -0.0932. The third-order valence-corrected chi connectivity index (χ3v) is 4.22. The lowest BCUT2D eigenvalue weighted by atomic mass is 10.00. The first-order chi connectivity index (χ1) is 8.69. The van der Waals surface area contributed by atoms with Crippen molar-refractivity contribution in [2.75, 3.05) is 32.9 Å². The van der Waals surface area contributed by atoms with Crippen molar-refractivity contribution >= 4 is 5.91 Å². The van der Waals surface area contributed by atoms with Crippen molar-refractivity contribution in [3.63, 3.8) is 0 Å². The van der Waals surface area contributed by atoms with Gasteiger partial charge in [0, 0.05) is 12.6 Å². The summed E-state index contributed by atoms with van der Waals surface area (Å²) in [5.41, 5.74) is 0. The zero-order valence-electron chi connectivity index (χ0n) is 11.3. The topological polar surface area (TPSA) is 61.8 Å². The predicted octanol–water partition coefficient (Wildman–Crippen LogP) is -0.160. The van der Waals surface area contributed by atoms with E-state index in [1.165, 1.54) is 0 Å². The zero-order valence-corrected chi connectivity index (χ0v) is 11.3. The molecule has 0 aromatic carbocycles. The Bertz CT molecular complexity index is 298. The Kier molecular flexibility index (Phi) is 4.59. The van der Waals surface area contributed by atoms with Crippen LogP contribution in [0, 0.1) is 11.8 Å². The van der Waals surface area contributed by atoms with Gasteiger partial charge in [-0.15, -0.1) is 0 Å². The lowest BCUT2D eigenvalue weighted by molar-refractivity contribution is -0.138. The fourth-order valence-electron chi connectivity index (χ4n) is 3.03. The lowest BCUT2D eigenvalue weighted by Gasteiger charge is -2.29. The molecule has 0 aliphatic carbocycles. The lowest BCUT2D eigenvalue weighted by Crippen LogP contribution is -2.48. The molecule has 2 saturated heterocycles. The van der Waals surface area contributed by atoms with Crippen LogP contribution in [0.2, 0.25) is 0 Å². The molecule has 2 aliphatic heterocycles. The van der Waals surface area contributed by atoms with Gasteiger partial charge in [0.15, 0.2) is 0 Å². The van der Waals surface area contributed by atoms with Crippen molar-refractivity contribution in [2.24, 2.45) is 11.8 Å². The van der Waals surface area contributed by atoms with Crippen LogP contribution in [0.3, 0.4) is 0 Å². The first-order valence-electron chi connectivity index (χ1n) is 6.91. The second-order valence-corrected chi connectivity index (χ2v) is 5.36. The molecule has 4 atom stereocenters. The van der Waals surface area contributed by atoms with Crippen molar-refractivity contribution in [3.05, 3.63) is 0 Å². The normalized spacial score (nSPS) is 36.3. The minimum absolute atomic E-state index is 0.0135. The molecule has 2 heterocycles. The maximum atomic E-state index is 12.5. The number of carbonyl (C=O) groups is 1. The Balaban J connectivity index is 2.02. The third kappa shape index (κ3) is 2.53. The molecule has 2 rings (SSSR count). The summed E-state index contributed by atoms with van der Waals surface area (Å²) in [4.78, 5) is 14.4. The molecule has 0 saturated carbocycles. The van der Waals surface area contributed by atoms with Crippen molar-refractivity contribution in [1.82, 2.24) is 10.2 Å². The maximum absolute atomic E-state index is 12.5. The number of nitrogens with one attached hydrogen (secondary N) is 1. The quantitative estimate of drug-likeness (QED) is 0.734. The van der Waals surface area contributed by atoms with Gasteiger partial charge in [0.2, 0.25) is 5.91 Å². The van der Waals surface area contributed by atoms with Gasteiger partial charge in [-0.1, -0.05) is 13.8 Å². The summed E-state index contributed by atoms with van der Waals surface area (Å²) in [5.74, 6) is 0.435. The van der Waals surface area contributed by atoms with Gasteiger partial charge in [-0.05, 0) is 18.9 Å². The van der Waals surface area contributed by atoms with E-state index in [1.807, 2.05) is 11.8 Å². The van der Waals surface area contributed by atoms with Crippen LogP contribution in [-0.4, -0.2) is 60.9 Å². The molecule has 18 heavy (non-hydrogen) atoms. The van der Waals surface area contributed by atoms with Crippen LogP contribution >= 0.6 is 0 Å². The van der Waals surface area contributed by atoms with Crippen LogP contribution < -0.4 is 5.32 Å². The molecular formula is C13H24N2O3. The van der Waals surface area contributed by atoms with E-state index in [-0.39, 0.29) is 30.5 Å². The zero-order chi connectivity index (χ0) is 13.1. The van der Waals surface area contributed by atoms with E-state index in [0.717, 1.165) is 19.5 Å². The molecule has 5 nitrogen and oxygen atoms in total. The first-order valence-corrected chi connectivity index (χ1v) is 6.91. The molecule has 5 heteroatoms. The second-order valence-electron chi connectivity index (χ2n) is 5.36. The van der Waals surface area contributed by atoms with Gasteiger partial charge in [-0.3, -0.25) is 4.79 Å². The number of amides is 1. The molecule has 2 fully saturated rings. The molecule has 0 aromatic heterocycles. The highest BCUT2D eigenvalue weighted by Crippen LogP contribution is 2.27. The molecule has 1 amide bonds. The Labute approximate surface area is 108 Å². The molecule has 0 aromatic rings. The van der Waals surface area contributed by atoms with E-state index in [0.29, 0.717) is 19.1 Å². The van der Waals surface area contributed by atoms with E-state index < -0.39 is 0 Å².